The summed E-state index contributed by atoms with van der Waals surface area (Å²) in [5.41, 5.74) is 3.03. The Bertz CT molecular complexity index is 662. The molecule has 1 amide bonds. The van der Waals surface area contributed by atoms with Crippen LogP contribution < -0.4 is 10.1 Å². The molecule has 2 atom stereocenters. The van der Waals surface area contributed by atoms with E-state index in [1.165, 1.54) is 12.1 Å². The molecule has 0 saturated heterocycles. The SMILES string of the molecule is Cc1cc(C)cc(O[C@@H](C)C(=O)N[C@@H](C)c2ccc(F)cc2)c1. The normalized spacial score (nSPS) is 13.3. The fraction of sp³-hybridized carbons (Fsp3) is 0.316. The maximum atomic E-state index is 12.9. The van der Waals surface area contributed by atoms with E-state index >= 15 is 0 Å². The number of rotatable bonds is 5. The molecule has 0 saturated carbocycles. The first kappa shape index (κ1) is 17.0. The predicted molar refractivity (Wildman–Crippen MR) is 89.0 cm³/mol. The quantitative estimate of drug-likeness (QED) is 0.902. The van der Waals surface area contributed by atoms with Crippen LogP contribution >= 0.6 is 0 Å². The summed E-state index contributed by atoms with van der Waals surface area (Å²) < 4.78 is 18.7. The summed E-state index contributed by atoms with van der Waals surface area (Å²) in [6, 6.07) is 11.7. The van der Waals surface area contributed by atoms with Crippen molar-refractivity contribution in [2.75, 3.05) is 0 Å². The first-order valence-corrected chi connectivity index (χ1v) is 7.66. The van der Waals surface area contributed by atoms with E-state index in [4.69, 9.17) is 4.74 Å². The van der Waals surface area contributed by atoms with Crippen LogP contribution in [-0.4, -0.2) is 12.0 Å². The molecular weight excluding hydrogens is 293 g/mol. The van der Waals surface area contributed by atoms with Crippen LogP contribution in [0.3, 0.4) is 0 Å². The van der Waals surface area contributed by atoms with Gasteiger partial charge in [0.2, 0.25) is 0 Å². The molecule has 3 nitrogen and oxygen atoms in total. The molecule has 0 aliphatic carbocycles. The molecule has 0 spiro atoms. The summed E-state index contributed by atoms with van der Waals surface area (Å²) in [5.74, 6) is 0.180. The molecule has 0 radical (unpaired) electrons. The Kier molecular flexibility index (Phi) is 5.37. The monoisotopic (exact) mass is 315 g/mol. The number of ether oxygens (including phenoxy) is 1. The van der Waals surface area contributed by atoms with Crippen LogP contribution in [0, 0.1) is 19.7 Å². The van der Waals surface area contributed by atoms with Crippen molar-refractivity contribution in [3.8, 4) is 5.75 Å². The van der Waals surface area contributed by atoms with Gasteiger partial charge in [-0.3, -0.25) is 4.79 Å². The maximum Gasteiger partial charge on any atom is 0.261 e. The minimum Gasteiger partial charge on any atom is -0.481 e. The highest BCUT2D eigenvalue weighted by Crippen LogP contribution is 2.18. The zero-order valence-electron chi connectivity index (χ0n) is 13.9. The highest BCUT2D eigenvalue weighted by atomic mass is 19.1. The number of hydrogen-bond donors (Lipinski definition) is 1. The van der Waals surface area contributed by atoms with E-state index in [1.54, 1.807) is 19.1 Å². The van der Waals surface area contributed by atoms with Crippen molar-refractivity contribution in [1.82, 2.24) is 5.32 Å². The average molecular weight is 315 g/mol. The molecule has 0 unspecified atom stereocenters. The second kappa shape index (κ2) is 7.27. The van der Waals surface area contributed by atoms with Crippen LogP contribution in [0.2, 0.25) is 0 Å². The summed E-state index contributed by atoms with van der Waals surface area (Å²) in [4.78, 5) is 12.3. The first-order chi connectivity index (χ1) is 10.8. The van der Waals surface area contributed by atoms with E-state index in [2.05, 4.69) is 5.32 Å². The van der Waals surface area contributed by atoms with E-state index in [0.29, 0.717) is 5.75 Å². The largest absolute Gasteiger partial charge is 0.481 e. The number of halogens is 1. The van der Waals surface area contributed by atoms with Crippen molar-refractivity contribution in [1.29, 1.82) is 0 Å². The lowest BCUT2D eigenvalue weighted by Gasteiger charge is -2.19. The summed E-state index contributed by atoms with van der Waals surface area (Å²) in [7, 11) is 0. The maximum absolute atomic E-state index is 12.9. The van der Waals surface area contributed by atoms with Gasteiger partial charge in [0.1, 0.15) is 11.6 Å². The van der Waals surface area contributed by atoms with E-state index in [1.807, 2.05) is 39.0 Å². The van der Waals surface area contributed by atoms with Crippen LogP contribution in [0.25, 0.3) is 0 Å². The first-order valence-electron chi connectivity index (χ1n) is 7.66. The Balaban J connectivity index is 1.97. The van der Waals surface area contributed by atoms with Gasteiger partial charge >= 0.3 is 0 Å². The Morgan fingerprint density at radius 2 is 1.61 bits per heavy atom. The predicted octanol–water partition coefficient (Wildman–Crippen LogP) is 4.09. The van der Waals surface area contributed by atoms with E-state index in [-0.39, 0.29) is 17.8 Å². The smallest absolute Gasteiger partial charge is 0.261 e. The fourth-order valence-electron chi connectivity index (χ4n) is 2.42. The minimum absolute atomic E-state index is 0.207. The zero-order chi connectivity index (χ0) is 17.0. The zero-order valence-corrected chi connectivity index (χ0v) is 13.9. The highest BCUT2D eigenvalue weighted by Gasteiger charge is 2.18. The number of nitrogens with one attached hydrogen (secondary N) is 1. The molecule has 0 bridgehead atoms. The molecular formula is C19H22FNO2. The van der Waals surface area contributed by atoms with Crippen molar-refractivity contribution in [3.05, 3.63) is 65.0 Å². The average Bonchev–Trinajstić information content (AvgIpc) is 2.46. The fourth-order valence-corrected chi connectivity index (χ4v) is 2.42. The lowest BCUT2D eigenvalue weighted by Crippen LogP contribution is -2.37. The second-order valence-electron chi connectivity index (χ2n) is 5.87. The van der Waals surface area contributed by atoms with E-state index in [0.717, 1.165) is 16.7 Å². The standard InChI is InChI=1S/C19H22FNO2/c1-12-9-13(2)11-18(10-12)23-15(4)19(22)21-14(3)16-5-7-17(20)8-6-16/h5-11,14-15H,1-4H3,(H,21,22)/t14-,15-/m0/s1. The molecule has 122 valence electrons. The molecule has 0 aromatic heterocycles. The van der Waals surface area contributed by atoms with Gasteiger partial charge in [0, 0.05) is 0 Å². The summed E-state index contributed by atoms with van der Waals surface area (Å²) in [6.07, 6.45) is -0.612. The number of benzene rings is 2. The van der Waals surface area contributed by atoms with Gasteiger partial charge in [-0.05, 0) is 68.7 Å². The van der Waals surface area contributed by atoms with Gasteiger partial charge in [-0.15, -0.1) is 0 Å². The van der Waals surface area contributed by atoms with Crippen molar-refractivity contribution in [3.63, 3.8) is 0 Å². The third-order valence-electron chi connectivity index (χ3n) is 3.61. The molecule has 0 aliphatic heterocycles. The lowest BCUT2D eigenvalue weighted by molar-refractivity contribution is -0.127. The number of amides is 1. The third-order valence-corrected chi connectivity index (χ3v) is 3.61. The summed E-state index contributed by atoms with van der Waals surface area (Å²) in [6.45, 7) is 7.54. The van der Waals surface area contributed by atoms with Gasteiger partial charge in [-0.1, -0.05) is 18.2 Å². The van der Waals surface area contributed by atoms with Crippen LogP contribution in [0.5, 0.6) is 5.75 Å². The minimum atomic E-state index is -0.612. The number of carbonyl (C=O) groups excluding carboxylic acids is 1. The lowest BCUT2D eigenvalue weighted by atomic mass is 10.1. The van der Waals surface area contributed by atoms with Crippen LogP contribution in [-0.2, 0) is 4.79 Å². The van der Waals surface area contributed by atoms with Gasteiger partial charge in [-0.2, -0.15) is 0 Å². The van der Waals surface area contributed by atoms with Crippen LogP contribution in [0.4, 0.5) is 4.39 Å². The molecule has 1 N–H and O–H groups in total. The van der Waals surface area contributed by atoms with Gasteiger partial charge in [-0.25, -0.2) is 4.39 Å². The topological polar surface area (TPSA) is 38.3 Å². The Hall–Kier alpha value is -2.36. The Morgan fingerprint density at radius 3 is 2.17 bits per heavy atom. The van der Waals surface area contributed by atoms with Gasteiger partial charge in [0.25, 0.3) is 5.91 Å². The van der Waals surface area contributed by atoms with Crippen LogP contribution in [0.15, 0.2) is 42.5 Å². The molecule has 0 aliphatic rings. The molecule has 0 heterocycles. The van der Waals surface area contributed by atoms with Gasteiger partial charge in [0.15, 0.2) is 6.10 Å². The summed E-state index contributed by atoms with van der Waals surface area (Å²) >= 11 is 0. The molecule has 2 rings (SSSR count). The summed E-state index contributed by atoms with van der Waals surface area (Å²) in [5, 5.41) is 2.88. The molecule has 2 aromatic rings. The third kappa shape index (κ3) is 4.81. The van der Waals surface area contributed by atoms with Crippen molar-refractivity contribution in [2.24, 2.45) is 0 Å². The number of hydrogen-bond acceptors (Lipinski definition) is 2. The van der Waals surface area contributed by atoms with E-state index < -0.39 is 6.10 Å². The molecule has 23 heavy (non-hydrogen) atoms. The van der Waals surface area contributed by atoms with Gasteiger partial charge < -0.3 is 10.1 Å². The number of aryl methyl sites for hydroxylation is 2. The highest BCUT2D eigenvalue weighted by molar-refractivity contribution is 5.81. The number of carbonyl (C=O) groups is 1. The Morgan fingerprint density at radius 1 is 1.04 bits per heavy atom. The van der Waals surface area contributed by atoms with Gasteiger partial charge in [0.05, 0.1) is 6.04 Å². The second-order valence-corrected chi connectivity index (χ2v) is 5.87. The van der Waals surface area contributed by atoms with E-state index in [9.17, 15) is 9.18 Å². The van der Waals surface area contributed by atoms with Crippen LogP contribution in [0.1, 0.15) is 36.6 Å². The molecule has 2 aromatic carbocycles. The molecule has 4 heteroatoms. The Labute approximate surface area is 136 Å². The van der Waals surface area contributed by atoms with Crippen molar-refractivity contribution < 1.29 is 13.9 Å². The molecule has 0 fully saturated rings. The van der Waals surface area contributed by atoms with Crippen molar-refractivity contribution in [2.45, 2.75) is 39.8 Å². The van der Waals surface area contributed by atoms with Crippen molar-refractivity contribution >= 4 is 5.91 Å².